The van der Waals surface area contributed by atoms with Crippen molar-refractivity contribution in [3.05, 3.63) is 40.9 Å². The first kappa shape index (κ1) is 15.2. The van der Waals surface area contributed by atoms with E-state index < -0.39 is 0 Å². The van der Waals surface area contributed by atoms with Crippen LogP contribution in [0.1, 0.15) is 54.1 Å². The van der Waals surface area contributed by atoms with E-state index >= 15 is 0 Å². The van der Waals surface area contributed by atoms with Gasteiger partial charge in [0.2, 0.25) is 0 Å². The van der Waals surface area contributed by atoms with Crippen LogP contribution in [0.4, 0.5) is 0 Å². The SMILES string of the molecule is Cc1cnc(C2(NC(=O)c3cc4sccc4n3CC3CC3)CCC2)[nH]1. The molecule has 2 aliphatic carbocycles. The Bertz CT molecular complexity index is 942. The monoisotopic (exact) mass is 354 g/mol. The van der Waals surface area contributed by atoms with Crippen LogP contribution < -0.4 is 5.32 Å². The molecule has 3 aromatic heterocycles. The number of nitrogens with zero attached hydrogens (tertiary/aromatic N) is 2. The first-order valence-electron chi connectivity index (χ1n) is 9.06. The van der Waals surface area contributed by atoms with Gasteiger partial charge in [0.05, 0.1) is 15.8 Å². The number of amides is 1. The second kappa shape index (κ2) is 5.46. The van der Waals surface area contributed by atoms with Gasteiger partial charge in [-0.05, 0) is 62.5 Å². The van der Waals surface area contributed by atoms with Crippen LogP contribution in [0, 0.1) is 12.8 Å². The van der Waals surface area contributed by atoms with Crippen molar-refractivity contribution in [1.29, 1.82) is 0 Å². The second-order valence-corrected chi connectivity index (χ2v) is 8.51. The smallest absolute Gasteiger partial charge is 0.268 e. The molecule has 0 aromatic carbocycles. The fourth-order valence-corrected chi connectivity index (χ4v) is 4.63. The van der Waals surface area contributed by atoms with E-state index in [0.29, 0.717) is 0 Å². The summed E-state index contributed by atoms with van der Waals surface area (Å²) in [6.45, 7) is 2.95. The van der Waals surface area contributed by atoms with Crippen LogP contribution in [0.3, 0.4) is 0 Å². The third-order valence-electron chi connectivity index (χ3n) is 5.61. The Kier molecular flexibility index (Phi) is 3.32. The van der Waals surface area contributed by atoms with Gasteiger partial charge in [-0.15, -0.1) is 11.3 Å². The summed E-state index contributed by atoms with van der Waals surface area (Å²) >= 11 is 1.71. The zero-order valence-electron chi connectivity index (χ0n) is 14.3. The summed E-state index contributed by atoms with van der Waals surface area (Å²) in [5, 5.41) is 5.42. The Balaban J connectivity index is 1.47. The number of aromatic amines is 1. The van der Waals surface area contributed by atoms with Gasteiger partial charge in [-0.1, -0.05) is 0 Å². The molecule has 0 spiro atoms. The van der Waals surface area contributed by atoms with Crippen molar-refractivity contribution in [1.82, 2.24) is 19.9 Å². The number of rotatable bonds is 5. The number of carbonyl (C=O) groups is 1. The van der Waals surface area contributed by atoms with E-state index in [1.54, 1.807) is 11.3 Å². The van der Waals surface area contributed by atoms with Gasteiger partial charge in [0.15, 0.2) is 0 Å². The average Bonchev–Trinajstić information content (AvgIpc) is 2.93. The lowest BCUT2D eigenvalue weighted by molar-refractivity contribution is 0.0801. The number of imidazole rings is 1. The molecule has 3 heterocycles. The van der Waals surface area contributed by atoms with Gasteiger partial charge in [0.1, 0.15) is 11.5 Å². The van der Waals surface area contributed by atoms with Crippen molar-refractivity contribution in [3.63, 3.8) is 0 Å². The highest BCUT2D eigenvalue weighted by molar-refractivity contribution is 7.17. The highest BCUT2D eigenvalue weighted by Crippen LogP contribution is 2.40. The van der Waals surface area contributed by atoms with Gasteiger partial charge < -0.3 is 14.9 Å². The highest BCUT2D eigenvalue weighted by Gasteiger charge is 2.43. The van der Waals surface area contributed by atoms with E-state index in [0.717, 1.165) is 48.9 Å². The number of hydrogen-bond acceptors (Lipinski definition) is 3. The maximum absolute atomic E-state index is 13.2. The third kappa shape index (κ3) is 2.51. The van der Waals surface area contributed by atoms with Crippen LogP contribution in [-0.4, -0.2) is 20.4 Å². The number of aromatic nitrogens is 3. The van der Waals surface area contributed by atoms with E-state index in [2.05, 4.69) is 37.4 Å². The number of hydrogen-bond donors (Lipinski definition) is 2. The number of H-pyrrole nitrogens is 1. The molecule has 0 radical (unpaired) electrons. The molecular weight excluding hydrogens is 332 g/mol. The molecule has 0 unspecified atom stereocenters. The largest absolute Gasteiger partial charge is 0.344 e. The van der Waals surface area contributed by atoms with Crippen molar-refractivity contribution in [2.45, 2.75) is 51.1 Å². The lowest BCUT2D eigenvalue weighted by atomic mass is 9.76. The Morgan fingerprint density at radius 1 is 1.48 bits per heavy atom. The van der Waals surface area contributed by atoms with E-state index in [-0.39, 0.29) is 11.4 Å². The van der Waals surface area contributed by atoms with Gasteiger partial charge in [0.25, 0.3) is 5.91 Å². The molecule has 2 saturated carbocycles. The van der Waals surface area contributed by atoms with Crippen molar-refractivity contribution >= 4 is 27.5 Å². The maximum Gasteiger partial charge on any atom is 0.268 e. The van der Waals surface area contributed by atoms with Gasteiger partial charge in [0, 0.05) is 18.4 Å². The van der Waals surface area contributed by atoms with Crippen molar-refractivity contribution in [2.75, 3.05) is 0 Å². The van der Waals surface area contributed by atoms with E-state index in [4.69, 9.17) is 0 Å². The summed E-state index contributed by atoms with van der Waals surface area (Å²) in [6.07, 6.45) is 7.42. The lowest BCUT2D eigenvalue weighted by Crippen LogP contribution is -2.51. The Morgan fingerprint density at radius 2 is 2.32 bits per heavy atom. The molecule has 5 nitrogen and oxygen atoms in total. The molecule has 0 aliphatic heterocycles. The van der Waals surface area contributed by atoms with Crippen LogP contribution in [0.5, 0.6) is 0 Å². The molecule has 25 heavy (non-hydrogen) atoms. The van der Waals surface area contributed by atoms with Gasteiger partial charge in [-0.3, -0.25) is 4.79 Å². The minimum atomic E-state index is -0.326. The zero-order valence-corrected chi connectivity index (χ0v) is 15.2. The fourth-order valence-electron chi connectivity index (χ4n) is 3.81. The van der Waals surface area contributed by atoms with Crippen LogP contribution in [0.2, 0.25) is 0 Å². The minimum Gasteiger partial charge on any atom is -0.344 e. The molecular formula is C19H22N4OS. The number of nitrogens with one attached hydrogen (secondary N) is 2. The highest BCUT2D eigenvalue weighted by atomic mass is 32.1. The van der Waals surface area contributed by atoms with Crippen LogP contribution in [-0.2, 0) is 12.1 Å². The molecule has 3 aromatic rings. The van der Waals surface area contributed by atoms with Gasteiger partial charge in [-0.2, -0.15) is 0 Å². The molecule has 2 aliphatic rings. The van der Waals surface area contributed by atoms with Gasteiger partial charge >= 0.3 is 0 Å². The molecule has 6 heteroatoms. The molecule has 5 rings (SSSR count). The topological polar surface area (TPSA) is 62.7 Å². The normalized spacial score (nSPS) is 19.1. The first-order valence-corrected chi connectivity index (χ1v) is 9.94. The molecule has 2 fully saturated rings. The van der Waals surface area contributed by atoms with E-state index in [1.807, 2.05) is 13.1 Å². The summed E-state index contributed by atoms with van der Waals surface area (Å²) in [5.74, 6) is 1.65. The first-order chi connectivity index (χ1) is 12.1. The lowest BCUT2D eigenvalue weighted by Gasteiger charge is -2.40. The molecule has 0 saturated heterocycles. The Hall–Kier alpha value is -2.08. The van der Waals surface area contributed by atoms with Crippen molar-refractivity contribution in [3.8, 4) is 0 Å². The number of fused-ring (bicyclic) bond motifs is 1. The standard InChI is InChI=1S/C19H22N4OS/c1-12-10-20-18(21-12)19(6-2-7-19)22-17(24)15-9-16-14(5-8-25-16)23(15)11-13-3-4-13/h5,8-10,13H,2-4,6-7,11H2,1H3,(H,20,21)(H,22,24). The van der Waals surface area contributed by atoms with E-state index in [9.17, 15) is 4.79 Å². The van der Waals surface area contributed by atoms with Crippen LogP contribution >= 0.6 is 11.3 Å². The van der Waals surface area contributed by atoms with Gasteiger partial charge in [-0.25, -0.2) is 4.98 Å². The quantitative estimate of drug-likeness (QED) is 0.729. The minimum absolute atomic E-state index is 0.0257. The summed E-state index contributed by atoms with van der Waals surface area (Å²) < 4.78 is 3.42. The maximum atomic E-state index is 13.2. The number of thiophene rings is 1. The van der Waals surface area contributed by atoms with Crippen LogP contribution in [0.15, 0.2) is 23.7 Å². The number of aryl methyl sites for hydroxylation is 1. The second-order valence-electron chi connectivity index (χ2n) is 7.56. The Morgan fingerprint density at radius 3 is 2.96 bits per heavy atom. The average molecular weight is 354 g/mol. The third-order valence-corrected chi connectivity index (χ3v) is 6.46. The Labute approximate surface area is 150 Å². The fraction of sp³-hybridized carbons (Fsp3) is 0.474. The predicted molar refractivity (Wildman–Crippen MR) is 98.9 cm³/mol. The number of carbonyl (C=O) groups excluding carboxylic acids is 1. The summed E-state index contributed by atoms with van der Waals surface area (Å²) in [7, 11) is 0. The summed E-state index contributed by atoms with van der Waals surface area (Å²) in [4.78, 5) is 21.0. The van der Waals surface area contributed by atoms with Crippen LogP contribution in [0.25, 0.3) is 10.2 Å². The molecule has 2 N–H and O–H groups in total. The predicted octanol–water partition coefficient (Wildman–Crippen LogP) is 3.95. The molecule has 0 bridgehead atoms. The zero-order chi connectivity index (χ0) is 17.0. The molecule has 130 valence electrons. The van der Waals surface area contributed by atoms with E-state index in [1.165, 1.54) is 23.1 Å². The summed E-state index contributed by atoms with van der Waals surface area (Å²) in [5.41, 5.74) is 2.70. The van der Waals surface area contributed by atoms with Crippen molar-refractivity contribution in [2.24, 2.45) is 5.92 Å². The van der Waals surface area contributed by atoms with Crippen molar-refractivity contribution < 1.29 is 4.79 Å². The summed E-state index contributed by atoms with van der Waals surface area (Å²) in [6, 6.07) is 4.19. The molecule has 1 amide bonds. The molecule has 0 atom stereocenters.